The van der Waals surface area contributed by atoms with Crippen LogP contribution in [0.2, 0.25) is 0 Å². The number of ketones is 1. The molecule has 39 heavy (non-hydrogen) atoms. The molecule has 210 valence electrons. The van der Waals surface area contributed by atoms with Crippen LogP contribution in [0.15, 0.2) is 47.1 Å². The smallest absolute Gasteiger partial charge is 0.378 e. The molecule has 6 nitrogen and oxygen atoms in total. The van der Waals surface area contributed by atoms with Crippen LogP contribution in [0.25, 0.3) is 0 Å². The van der Waals surface area contributed by atoms with E-state index in [1.807, 2.05) is 20.2 Å². The van der Waals surface area contributed by atoms with Gasteiger partial charge in [0.05, 0.1) is 13.2 Å². The molecule has 0 radical (unpaired) electrons. The summed E-state index contributed by atoms with van der Waals surface area (Å²) in [5.41, 5.74) is 7.46. The zero-order chi connectivity index (χ0) is 28.0. The van der Waals surface area contributed by atoms with Gasteiger partial charge in [0.15, 0.2) is 5.78 Å². The van der Waals surface area contributed by atoms with Gasteiger partial charge in [0, 0.05) is 43.2 Å². The summed E-state index contributed by atoms with van der Waals surface area (Å²) in [6, 6.07) is 8.76. The van der Waals surface area contributed by atoms with Crippen LogP contribution in [-0.4, -0.2) is 43.8 Å². The molecular weight excluding hydrogens is 509 g/mol. The molecular formula is C32H42NO5P. The zero-order valence-corrected chi connectivity index (χ0v) is 24.9. The molecule has 4 aliphatic rings. The van der Waals surface area contributed by atoms with E-state index in [0.29, 0.717) is 18.8 Å². The third-order valence-electron chi connectivity index (χ3n) is 9.70. The van der Waals surface area contributed by atoms with Gasteiger partial charge in [-0.25, -0.2) is 4.57 Å². The van der Waals surface area contributed by atoms with Crippen molar-refractivity contribution >= 4 is 19.1 Å². The minimum Gasteiger partial charge on any atom is -0.378 e. The van der Waals surface area contributed by atoms with Gasteiger partial charge in [-0.15, -0.1) is 0 Å². The maximum atomic E-state index is 13.2. The Morgan fingerprint density at radius 3 is 2.41 bits per heavy atom. The minimum atomic E-state index is -3.61. The van der Waals surface area contributed by atoms with E-state index in [2.05, 4.69) is 47.7 Å². The summed E-state index contributed by atoms with van der Waals surface area (Å²) in [4.78, 5) is 14.4. The van der Waals surface area contributed by atoms with Crippen molar-refractivity contribution < 1.29 is 23.5 Å². The number of aliphatic hydroxyl groups is 1. The molecule has 2 saturated carbocycles. The zero-order valence-electron chi connectivity index (χ0n) is 24.0. The fourth-order valence-corrected chi connectivity index (χ4v) is 8.98. The second kappa shape index (κ2) is 10.7. The molecule has 7 heteroatoms. The van der Waals surface area contributed by atoms with Crippen LogP contribution < -0.4 is 4.90 Å². The highest BCUT2D eigenvalue weighted by molar-refractivity contribution is 7.59. The molecule has 1 N–H and O–H groups in total. The van der Waals surface area contributed by atoms with Crippen molar-refractivity contribution in [2.75, 3.05) is 32.2 Å². The predicted octanol–water partition coefficient (Wildman–Crippen LogP) is 6.61. The van der Waals surface area contributed by atoms with Crippen LogP contribution in [0.5, 0.6) is 0 Å². The molecule has 5 rings (SSSR count). The maximum Gasteiger partial charge on any atom is 0.405 e. The topological polar surface area (TPSA) is 76.1 Å². The Hall–Kier alpha value is -2.16. The molecule has 0 heterocycles. The summed E-state index contributed by atoms with van der Waals surface area (Å²) in [5, 5.41) is 12.2. The highest BCUT2D eigenvalue weighted by Gasteiger charge is 2.62. The van der Waals surface area contributed by atoms with E-state index in [0.717, 1.165) is 37.8 Å². The Bertz CT molecular complexity index is 1290. The molecule has 5 atom stereocenters. The highest BCUT2D eigenvalue weighted by atomic mass is 31.2. The number of anilines is 1. The minimum absolute atomic E-state index is 0.122. The quantitative estimate of drug-likeness (QED) is 0.317. The third kappa shape index (κ3) is 4.97. The van der Waals surface area contributed by atoms with Gasteiger partial charge >= 0.3 is 7.60 Å². The number of nitrogens with zero attached hydrogens (tertiary/aromatic N) is 1. The standard InChI is InChI=1S/C32H42NO5P/c1-6-37-39(36,38-7-2)19-18-32(35)17-16-29-27-14-10-23-20-25(34)13-15-26(23)30(27)28(21-31(29,32)3)22-8-11-24(12-9-22)33(4)5/h8-9,11-12,20,27-29,35H,6-7,10,13-17,21H2,1-5H3/t27-,28+,29-,31-,32+/m0/s1. The van der Waals surface area contributed by atoms with Gasteiger partial charge < -0.3 is 10.0 Å². The molecule has 0 spiro atoms. The van der Waals surface area contributed by atoms with Crippen LogP contribution in [0.4, 0.5) is 5.69 Å². The Kier molecular flexibility index (Phi) is 7.77. The molecule has 0 aliphatic heterocycles. The largest absolute Gasteiger partial charge is 0.405 e. The number of carbonyl (C=O) groups excluding carboxylic acids is 1. The number of carbonyl (C=O) groups is 1. The van der Waals surface area contributed by atoms with Crippen molar-refractivity contribution in [1.29, 1.82) is 0 Å². The average Bonchev–Trinajstić information content (AvgIpc) is 3.17. The van der Waals surface area contributed by atoms with Gasteiger partial charge in [0.2, 0.25) is 0 Å². The first-order valence-electron chi connectivity index (χ1n) is 14.4. The lowest BCUT2D eigenvalue weighted by Crippen LogP contribution is -2.51. The van der Waals surface area contributed by atoms with Crippen molar-refractivity contribution in [3.05, 3.63) is 52.6 Å². The number of benzene rings is 1. The van der Waals surface area contributed by atoms with Crippen molar-refractivity contribution in [2.24, 2.45) is 17.3 Å². The first kappa shape index (κ1) is 28.4. The lowest BCUT2D eigenvalue weighted by Gasteiger charge is -2.53. The van der Waals surface area contributed by atoms with Crippen LogP contribution >= 0.6 is 7.60 Å². The van der Waals surface area contributed by atoms with E-state index in [1.54, 1.807) is 13.8 Å². The van der Waals surface area contributed by atoms with Crippen molar-refractivity contribution in [3.63, 3.8) is 0 Å². The molecule has 0 unspecified atom stereocenters. The van der Waals surface area contributed by atoms with Gasteiger partial charge in [-0.2, -0.15) is 0 Å². The second-order valence-electron chi connectivity index (χ2n) is 12.0. The van der Waals surface area contributed by atoms with Gasteiger partial charge in [-0.05, 0) is 99.1 Å². The number of hydrogen-bond acceptors (Lipinski definition) is 6. The van der Waals surface area contributed by atoms with E-state index in [1.165, 1.54) is 22.3 Å². The van der Waals surface area contributed by atoms with Crippen molar-refractivity contribution in [1.82, 2.24) is 0 Å². The Balaban J connectivity index is 1.61. The van der Waals surface area contributed by atoms with Crippen LogP contribution in [0, 0.1) is 28.8 Å². The van der Waals surface area contributed by atoms with Gasteiger partial charge in [0.25, 0.3) is 0 Å². The van der Waals surface area contributed by atoms with Crippen molar-refractivity contribution in [2.45, 2.75) is 77.2 Å². The molecule has 0 amide bonds. The monoisotopic (exact) mass is 551 g/mol. The molecule has 4 aliphatic carbocycles. The molecule has 0 saturated heterocycles. The summed E-state index contributed by atoms with van der Waals surface area (Å²) in [5.74, 6) is 4.01. The average molecular weight is 552 g/mol. The van der Waals surface area contributed by atoms with E-state index < -0.39 is 18.6 Å². The maximum absolute atomic E-state index is 13.2. The first-order chi connectivity index (χ1) is 18.5. The first-order valence-corrected chi connectivity index (χ1v) is 16.0. The summed E-state index contributed by atoms with van der Waals surface area (Å²) in [6.07, 6.45) is 7.29. The molecule has 0 bridgehead atoms. The molecule has 1 aromatic carbocycles. The van der Waals surface area contributed by atoms with Crippen LogP contribution in [-0.2, 0) is 18.4 Å². The molecule has 2 fully saturated rings. The lowest BCUT2D eigenvalue weighted by molar-refractivity contribution is -0.114. The van der Waals surface area contributed by atoms with E-state index >= 15 is 0 Å². The van der Waals surface area contributed by atoms with Crippen LogP contribution in [0.3, 0.4) is 0 Å². The van der Waals surface area contributed by atoms with E-state index in [-0.39, 0.29) is 30.8 Å². The lowest BCUT2D eigenvalue weighted by atomic mass is 9.51. The Morgan fingerprint density at radius 2 is 1.77 bits per heavy atom. The molecule has 0 aromatic heterocycles. The number of fused-ring (bicyclic) bond motifs is 4. The Labute approximate surface area is 233 Å². The predicted molar refractivity (Wildman–Crippen MR) is 155 cm³/mol. The summed E-state index contributed by atoms with van der Waals surface area (Å²) in [7, 11) is 0.474. The number of hydrogen-bond donors (Lipinski definition) is 1. The number of rotatable bonds is 6. The SMILES string of the molecule is CCOP(=O)(C#C[C@]1(O)CC[C@H]2[C@@H]3CCC4=CC(=O)CCC4=C3[C@@H](c3ccc(N(C)C)cc3)C[C@@]21C)OCC. The third-order valence-corrected chi connectivity index (χ3v) is 11.3. The van der Waals surface area contributed by atoms with Gasteiger partial charge in [-0.3, -0.25) is 13.8 Å². The normalized spacial score (nSPS) is 32.0. The molecule has 1 aromatic rings. The fraction of sp³-hybridized carbons (Fsp3) is 0.594. The van der Waals surface area contributed by atoms with Crippen molar-refractivity contribution in [3.8, 4) is 11.6 Å². The van der Waals surface area contributed by atoms with E-state index in [4.69, 9.17) is 9.05 Å². The summed E-state index contributed by atoms with van der Waals surface area (Å²) >= 11 is 0. The van der Waals surface area contributed by atoms with Crippen LogP contribution in [0.1, 0.15) is 77.2 Å². The second-order valence-corrected chi connectivity index (χ2v) is 13.7. The highest BCUT2D eigenvalue weighted by Crippen LogP contribution is 2.67. The summed E-state index contributed by atoms with van der Waals surface area (Å²) < 4.78 is 24.0. The van der Waals surface area contributed by atoms with E-state index in [9.17, 15) is 14.5 Å². The number of allylic oxidation sites excluding steroid dienone is 4. The summed E-state index contributed by atoms with van der Waals surface area (Å²) in [6.45, 7) is 6.17. The van der Waals surface area contributed by atoms with Gasteiger partial charge in [0.1, 0.15) is 5.60 Å². The Morgan fingerprint density at radius 1 is 1.08 bits per heavy atom. The fourth-order valence-electron chi connectivity index (χ4n) is 7.78. The van der Waals surface area contributed by atoms with Gasteiger partial charge in [-0.1, -0.05) is 30.6 Å².